The molecular formula is C14H23N3OS. The lowest BCUT2D eigenvalue weighted by atomic mass is 9.75. The van der Waals surface area contributed by atoms with Crippen molar-refractivity contribution in [3.05, 3.63) is 16.1 Å². The van der Waals surface area contributed by atoms with Gasteiger partial charge >= 0.3 is 0 Å². The van der Waals surface area contributed by atoms with E-state index < -0.39 is 0 Å². The molecule has 1 N–H and O–H groups in total. The van der Waals surface area contributed by atoms with Gasteiger partial charge in [0.15, 0.2) is 0 Å². The first-order valence-corrected chi connectivity index (χ1v) is 7.76. The Hall–Kier alpha value is -0.940. The molecule has 0 bridgehead atoms. The number of thiazole rings is 1. The number of nitrogens with one attached hydrogen (secondary N) is 1. The summed E-state index contributed by atoms with van der Waals surface area (Å²) < 4.78 is 0. The summed E-state index contributed by atoms with van der Waals surface area (Å²) in [5.74, 6) is 0.294. The van der Waals surface area contributed by atoms with Crippen LogP contribution >= 0.6 is 11.3 Å². The van der Waals surface area contributed by atoms with E-state index in [1.165, 1.54) is 0 Å². The molecule has 2 heterocycles. The number of hydrogen-bond donors (Lipinski definition) is 1. The summed E-state index contributed by atoms with van der Waals surface area (Å²) >= 11 is 1.67. The van der Waals surface area contributed by atoms with Crippen LogP contribution in [0.4, 0.5) is 0 Å². The van der Waals surface area contributed by atoms with Gasteiger partial charge in [0.1, 0.15) is 0 Å². The van der Waals surface area contributed by atoms with E-state index in [1.54, 1.807) is 11.3 Å². The smallest absolute Gasteiger partial charge is 0.228 e. The van der Waals surface area contributed by atoms with Crippen molar-refractivity contribution in [1.29, 1.82) is 0 Å². The molecule has 0 radical (unpaired) electrons. The molecule has 1 aromatic rings. The van der Waals surface area contributed by atoms with Gasteiger partial charge in [0, 0.05) is 18.1 Å². The van der Waals surface area contributed by atoms with Crippen LogP contribution in [-0.4, -0.2) is 35.9 Å². The van der Waals surface area contributed by atoms with Crippen LogP contribution in [0.25, 0.3) is 0 Å². The van der Waals surface area contributed by atoms with Crippen LogP contribution in [-0.2, 0) is 11.3 Å². The number of nitrogens with zero attached hydrogens (tertiary/aromatic N) is 2. The van der Waals surface area contributed by atoms with E-state index in [9.17, 15) is 4.79 Å². The third kappa shape index (κ3) is 3.15. The second kappa shape index (κ2) is 6.01. The van der Waals surface area contributed by atoms with Crippen LogP contribution in [0, 0.1) is 12.3 Å². The summed E-state index contributed by atoms with van der Waals surface area (Å²) in [5.41, 5.74) is -0.153. The van der Waals surface area contributed by atoms with Gasteiger partial charge < -0.3 is 10.2 Å². The van der Waals surface area contributed by atoms with Crippen molar-refractivity contribution < 1.29 is 4.79 Å². The number of rotatable bonds is 4. The van der Waals surface area contributed by atoms with E-state index in [-0.39, 0.29) is 5.41 Å². The molecule has 0 aromatic carbocycles. The molecule has 0 saturated carbocycles. The number of piperidine rings is 1. The highest BCUT2D eigenvalue weighted by molar-refractivity contribution is 7.11. The predicted molar refractivity (Wildman–Crippen MR) is 78.2 cm³/mol. The van der Waals surface area contributed by atoms with Crippen LogP contribution in [0.2, 0.25) is 0 Å². The molecule has 1 aliphatic heterocycles. The lowest BCUT2D eigenvalue weighted by Gasteiger charge is -2.38. The molecule has 0 spiro atoms. The lowest BCUT2D eigenvalue weighted by molar-refractivity contribution is -0.143. The highest BCUT2D eigenvalue weighted by atomic mass is 32.1. The first-order chi connectivity index (χ1) is 9.07. The zero-order valence-corrected chi connectivity index (χ0v) is 12.8. The molecule has 1 amide bonds. The summed E-state index contributed by atoms with van der Waals surface area (Å²) in [7, 11) is 1.91. The van der Waals surface area contributed by atoms with Crippen LogP contribution in [0.1, 0.15) is 36.1 Å². The average Bonchev–Trinajstić information content (AvgIpc) is 2.84. The molecule has 0 unspecified atom stereocenters. The van der Waals surface area contributed by atoms with Crippen LogP contribution < -0.4 is 5.32 Å². The summed E-state index contributed by atoms with van der Waals surface area (Å²) in [6.07, 6.45) is 4.72. The third-order valence-corrected chi connectivity index (χ3v) is 5.00. The monoisotopic (exact) mass is 281 g/mol. The van der Waals surface area contributed by atoms with E-state index >= 15 is 0 Å². The fourth-order valence-electron chi connectivity index (χ4n) is 2.81. The number of carbonyl (C=O) groups is 1. The first kappa shape index (κ1) is 14.5. The average molecular weight is 281 g/mol. The summed E-state index contributed by atoms with van der Waals surface area (Å²) in [6, 6.07) is 0. The van der Waals surface area contributed by atoms with Crippen LogP contribution in [0.15, 0.2) is 6.20 Å². The molecule has 5 heteroatoms. The number of hydrogen-bond acceptors (Lipinski definition) is 4. The molecule has 1 aliphatic rings. The maximum absolute atomic E-state index is 12.7. The van der Waals surface area contributed by atoms with Crippen molar-refractivity contribution in [3.63, 3.8) is 0 Å². The number of amides is 1. The summed E-state index contributed by atoms with van der Waals surface area (Å²) in [5, 5.41) is 4.40. The number of aryl methyl sites for hydroxylation is 1. The number of carbonyl (C=O) groups excluding carboxylic acids is 1. The molecule has 1 aromatic heterocycles. The summed E-state index contributed by atoms with van der Waals surface area (Å²) in [6.45, 7) is 6.71. The van der Waals surface area contributed by atoms with Gasteiger partial charge in [0.05, 0.1) is 17.0 Å². The molecule has 1 saturated heterocycles. The van der Waals surface area contributed by atoms with Crippen LogP contribution in [0.5, 0.6) is 0 Å². The van der Waals surface area contributed by atoms with Crippen molar-refractivity contribution in [1.82, 2.24) is 15.2 Å². The van der Waals surface area contributed by atoms with Gasteiger partial charge in [0.2, 0.25) is 5.91 Å². The standard InChI is InChI=1S/C14H23N3OS/c1-4-14(5-7-15-8-6-14)13(18)17(3)10-12-9-16-11(2)19-12/h9,15H,4-8,10H2,1-3H3. The van der Waals surface area contributed by atoms with E-state index in [0.717, 1.165) is 42.2 Å². The van der Waals surface area contributed by atoms with Gasteiger partial charge in [0.25, 0.3) is 0 Å². The minimum atomic E-state index is -0.153. The van der Waals surface area contributed by atoms with Crippen molar-refractivity contribution in [3.8, 4) is 0 Å². The minimum Gasteiger partial charge on any atom is -0.340 e. The van der Waals surface area contributed by atoms with E-state index in [0.29, 0.717) is 12.5 Å². The first-order valence-electron chi connectivity index (χ1n) is 6.95. The highest BCUT2D eigenvalue weighted by Gasteiger charge is 2.39. The molecule has 1 fully saturated rings. The molecule has 0 atom stereocenters. The zero-order valence-electron chi connectivity index (χ0n) is 12.0. The van der Waals surface area contributed by atoms with Crippen molar-refractivity contribution in [2.45, 2.75) is 39.7 Å². The fraction of sp³-hybridized carbons (Fsp3) is 0.714. The van der Waals surface area contributed by atoms with Gasteiger partial charge in [-0.05, 0) is 39.3 Å². The van der Waals surface area contributed by atoms with Gasteiger partial charge in [-0.1, -0.05) is 6.92 Å². The number of aromatic nitrogens is 1. The predicted octanol–water partition coefficient (Wildman–Crippen LogP) is 2.19. The molecule has 2 rings (SSSR count). The van der Waals surface area contributed by atoms with Gasteiger partial charge in [-0.2, -0.15) is 0 Å². The van der Waals surface area contributed by atoms with Gasteiger partial charge in [-0.25, -0.2) is 4.98 Å². The fourth-order valence-corrected chi connectivity index (χ4v) is 3.66. The Balaban J connectivity index is 2.04. The Kier molecular flexibility index (Phi) is 4.58. The molecule has 4 nitrogen and oxygen atoms in total. The van der Waals surface area contributed by atoms with E-state index in [1.807, 2.05) is 25.1 Å². The third-order valence-electron chi connectivity index (χ3n) is 4.10. The van der Waals surface area contributed by atoms with Crippen molar-refractivity contribution in [2.75, 3.05) is 20.1 Å². The molecular weight excluding hydrogens is 258 g/mol. The Morgan fingerprint density at radius 3 is 2.74 bits per heavy atom. The van der Waals surface area contributed by atoms with Crippen LogP contribution in [0.3, 0.4) is 0 Å². The Morgan fingerprint density at radius 2 is 2.21 bits per heavy atom. The largest absolute Gasteiger partial charge is 0.340 e. The second-order valence-corrected chi connectivity index (χ2v) is 6.71. The quantitative estimate of drug-likeness (QED) is 0.920. The topological polar surface area (TPSA) is 45.2 Å². The Morgan fingerprint density at radius 1 is 1.53 bits per heavy atom. The molecule has 106 valence electrons. The lowest BCUT2D eigenvalue weighted by Crippen LogP contribution is -2.47. The highest BCUT2D eigenvalue weighted by Crippen LogP contribution is 2.34. The van der Waals surface area contributed by atoms with Gasteiger partial charge in [-0.3, -0.25) is 4.79 Å². The van der Waals surface area contributed by atoms with E-state index in [4.69, 9.17) is 0 Å². The molecule has 0 aliphatic carbocycles. The Labute approximate surface area is 119 Å². The van der Waals surface area contributed by atoms with Crippen molar-refractivity contribution in [2.24, 2.45) is 5.41 Å². The Bertz CT molecular complexity index is 438. The molecule has 19 heavy (non-hydrogen) atoms. The normalized spacial score (nSPS) is 18.3. The van der Waals surface area contributed by atoms with Crippen molar-refractivity contribution >= 4 is 17.2 Å². The van der Waals surface area contributed by atoms with Gasteiger partial charge in [-0.15, -0.1) is 11.3 Å². The maximum Gasteiger partial charge on any atom is 0.228 e. The SMILES string of the molecule is CCC1(C(=O)N(C)Cc2cnc(C)s2)CCNCC1. The summed E-state index contributed by atoms with van der Waals surface area (Å²) in [4.78, 5) is 20.0. The second-order valence-electron chi connectivity index (χ2n) is 5.39. The maximum atomic E-state index is 12.7. The zero-order chi connectivity index (χ0) is 13.9. The van der Waals surface area contributed by atoms with E-state index in [2.05, 4.69) is 17.2 Å². The minimum absolute atomic E-state index is 0.153.